The Morgan fingerprint density at radius 2 is 1.71 bits per heavy atom. The van der Waals surface area contributed by atoms with Gasteiger partial charge in [0.25, 0.3) is 0 Å². The van der Waals surface area contributed by atoms with E-state index in [1.165, 1.54) is 18.9 Å². The molecule has 0 heterocycles. The Morgan fingerprint density at radius 3 is 2.34 bits per heavy atom. The van der Waals surface area contributed by atoms with Crippen LogP contribution in [0.15, 0.2) is 48.5 Å². The minimum Gasteiger partial charge on any atom is -0.462 e. The lowest BCUT2D eigenvalue weighted by Crippen LogP contribution is -2.27. The van der Waals surface area contributed by atoms with Crippen molar-refractivity contribution >= 4 is 29.4 Å². The predicted molar refractivity (Wildman–Crippen MR) is 141 cm³/mol. The predicted octanol–water partition coefficient (Wildman–Crippen LogP) is 5.90. The molecule has 1 aliphatic rings. The van der Waals surface area contributed by atoms with Crippen LogP contribution >= 0.6 is 0 Å². The number of anilines is 2. The highest BCUT2D eigenvalue weighted by molar-refractivity contribution is 5.87. The maximum atomic E-state index is 12.5. The zero-order valence-electron chi connectivity index (χ0n) is 21.1. The number of benzene rings is 2. The highest BCUT2D eigenvalue weighted by Gasteiger charge is 2.27. The number of hydrogen-bond acceptors (Lipinski definition) is 6. The number of rotatable bonds is 9. The number of carbonyl (C=O) groups is 2. The quantitative estimate of drug-likeness (QED) is 0.201. The van der Waals surface area contributed by atoms with Gasteiger partial charge in [-0.05, 0) is 73.1 Å². The van der Waals surface area contributed by atoms with Crippen LogP contribution in [0.5, 0.6) is 5.75 Å². The molecule has 0 amide bonds. The standard InChI is InChI=1S/C29H38N2O4/c1-4-5-20-6-11-22(12-7-20)28(33)35-24-14-8-21(9-15-24)10-17-27(32)34-19-29(2,3)25-16-13-23(30)18-26(25)31/h8-10,13-18,20,22H,4-7,11-12,19,30-31H2,1-3H3/b17-10+. The van der Waals surface area contributed by atoms with E-state index in [4.69, 9.17) is 20.9 Å². The Bertz CT molecular complexity index is 1040. The van der Waals surface area contributed by atoms with E-state index in [2.05, 4.69) is 6.92 Å². The van der Waals surface area contributed by atoms with Crippen molar-refractivity contribution < 1.29 is 19.1 Å². The Kier molecular flexibility index (Phi) is 8.96. The van der Waals surface area contributed by atoms with E-state index < -0.39 is 11.4 Å². The van der Waals surface area contributed by atoms with Gasteiger partial charge >= 0.3 is 11.9 Å². The third-order valence-corrected chi connectivity index (χ3v) is 6.77. The second kappa shape index (κ2) is 11.9. The lowest BCUT2D eigenvalue weighted by atomic mass is 9.80. The van der Waals surface area contributed by atoms with Crippen LogP contribution in [-0.4, -0.2) is 18.5 Å². The second-order valence-electron chi connectivity index (χ2n) is 10.2. The van der Waals surface area contributed by atoms with Crippen LogP contribution in [0.1, 0.15) is 70.4 Å². The van der Waals surface area contributed by atoms with Gasteiger partial charge in [-0.15, -0.1) is 0 Å². The van der Waals surface area contributed by atoms with Crippen molar-refractivity contribution in [2.75, 3.05) is 18.1 Å². The maximum Gasteiger partial charge on any atom is 0.330 e. The molecule has 6 nitrogen and oxygen atoms in total. The molecule has 6 heteroatoms. The molecular weight excluding hydrogens is 440 g/mol. The van der Waals surface area contributed by atoms with E-state index in [1.807, 2.05) is 32.0 Å². The van der Waals surface area contributed by atoms with Gasteiger partial charge in [0.2, 0.25) is 0 Å². The summed E-state index contributed by atoms with van der Waals surface area (Å²) in [6, 6.07) is 12.5. The molecule has 0 radical (unpaired) electrons. The first-order chi connectivity index (χ1) is 16.7. The molecule has 0 bridgehead atoms. The largest absolute Gasteiger partial charge is 0.462 e. The smallest absolute Gasteiger partial charge is 0.330 e. The molecule has 1 fully saturated rings. The minimum atomic E-state index is -0.456. The van der Waals surface area contributed by atoms with Gasteiger partial charge in [0.1, 0.15) is 12.4 Å². The van der Waals surface area contributed by atoms with Gasteiger partial charge in [-0.25, -0.2) is 4.79 Å². The normalized spacial score (nSPS) is 18.4. The van der Waals surface area contributed by atoms with Crippen LogP contribution in [0.25, 0.3) is 6.08 Å². The molecule has 1 saturated carbocycles. The third-order valence-electron chi connectivity index (χ3n) is 6.77. The van der Waals surface area contributed by atoms with Gasteiger partial charge in [0, 0.05) is 22.9 Å². The third kappa shape index (κ3) is 7.61. The Balaban J connectivity index is 1.47. The van der Waals surface area contributed by atoms with Gasteiger partial charge in [0.15, 0.2) is 0 Å². The molecule has 0 saturated heterocycles. The molecule has 0 atom stereocenters. The Morgan fingerprint density at radius 1 is 1.03 bits per heavy atom. The maximum absolute atomic E-state index is 12.5. The van der Waals surface area contributed by atoms with E-state index in [9.17, 15) is 9.59 Å². The number of nitrogen functional groups attached to an aromatic ring is 2. The van der Waals surface area contributed by atoms with Crippen molar-refractivity contribution in [2.24, 2.45) is 11.8 Å². The summed E-state index contributed by atoms with van der Waals surface area (Å²) in [5.41, 5.74) is 14.3. The zero-order valence-corrected chi connectivity index (χ0v) is 21.1. The number of esters is 2. The van der Waals surface area contributed by atoms with E-state index in [0.29, 0.717) is 17.1 Å². The topological polar surface area (TPSA) is 105 Å². The summed E-state index contributed by atoms with van der Waals surface area (Å²) in [5, 5.41) is 0. The van der Waals surface area contributed by atoms with E-state index in [1.54, 1.807) is 30.3 Å². The summed E-state index contributed by atoms with van der Waals surface area (Å²) in [6.45, 7) is 6.31. The van der Waals surface area contributed by atoms with Crippen molar-refractivity contribution in [1.29, 1.82) is 0 Å². The van der Waals surface area contributed by atoms with Crippen LogP contribution < -0.4 is 16.2 Å². The van der Waals surface area contributed by atoms with Gasteiger partial charge < -0.3 is 20.9 Å². The summed E-state index contributed by atoms with van der Waals surface area (Å²) in [6.07, 6.45) is 9.55. The Labute approximate surface area is 208 Å². The zero-order chi connectivity index (χ0) is 25.4. The van der Waals surface area contributed by atoms with Crippen LogP contribution in [-0.2, 0) is 19.7 Å². The molecule has 188 valence electrons. The summed E-state index contributed by atoms with van der Waals surface area (Å²) in [5.74, 6) is 0.680. The van der Waals surface area contributed by atoms with Gasteiger partial charge in [-0.2, -0.15) is 0 Å². The lowest BCUT2D eigenvalue weighted by Gasteiger charge is -2.26. The molecule has 0 aliphatic heterocycles. The average molecular weight is 479 g/mol. The fourth-order valence-corrected chi connectivity index (χ4v) is 4.68. The molecule has 4 N–H and O–H groups in total. The summed E-state index contributed by atoms with van der Waals surface area (Å²) in [4.78, 5) is 24.8. The SMILES string of the molecule is CCCC1CCC(C(=O)Oc2ccc(/C=C/C(=O)OCC(C)(C)c3ccc(N)cc3N)cc2)CC1. The first-order valence-electron chi connectivity index (χ1n) is 12.5. The first-order valence-corrected chi connectivity index (χ1v) is 12.5. The highest BCUT2D eigenvalue weighted by Crippen LogP contribution is 2.33. The van der Waals surface area contributed by atoms with Crippen molar-refractivity contribution in [3.05, 3.63) is 59.7 Å². The summed E-state index contributed by atoms with van der Waals surface area (Å²) < 4.78 is 11.0. The number of ether oxygens (including phenoxy) is 2. The number of nitrogens with two attached hydrogens (primary N) is 2. The fourth-order valence-electron chi connectivity index (χ4n) is 4.68. The molecule has 1 aliphatic carbocycles. The number of carbonyl (C=O) groups excluding carboxylic acids is 2. The molecule has 2 aromatic rings. The Hall–Kier alpha value is -3.28. The average Bonchev–Trinajstić information content (AvgIpc) is 2.83. The molecule has 2 aromatic carbocycles. The molecular formula is C29H38N2O4. The molecule has 0 aromatic heterocycles. The van der Waals surface area contributed by atoms with Gasteiger partial charge in [-0.3, -0.25) is 4.79 Å². The van der Waals surface area contributed by atoms with Crippen LogP contribution in [0, 0.1) is 11.8 Å². The minimum absolute atomic E-state index is 0.00899. The summed E-state index contributed by atoms with van der Waals surface area (Å²) in [7, 11) is 0. The van der Waals surface area contributed by atoms with E-state index in [0.717, 1.165) is 42.7 Å². The molecule has 3 rings (SSSR count). The van der Waals surface area contributed by atoms with Crippen molar-refractivity contribution in [1.82, 2.24) is 0 Å². The second-order valence-corrected chi connectivity index (χ2v) is 10.2. The van der Waals surface area contributed by atoms with Crippen molar-refractivity contribution in [2.45, 2.75) is 64.7 Å². The van der Waals surface area contributed by atoms with Crippen LogP contribution in [0.4, 0.5) is 11.4 Å². The fraction of sp³-hybridized carbons (Fsp3) is 0.448. The van der Waals surface area contributed by atoms with Crippen LogP contribution in [0.3, 0.4) is 0 Å². The summed E-state index contributed by atoms with van der Waals surface area (Å²) >= 11 is 0. The van der Waals surface area contributed by atoms with Gasteiger partial charge in [0.05, 0.1) is 5.92 Å². The van der Waals surface area contributed by atoms with E-state index >= 15 is 0 Å². The monoisotopic (exact) mass is 478 g/mol. The highest BCUT2D eigenvalue weighted by atomic mass is 16.5. The molecule has 0 unspecified atom stereocenters. The van der Waals surface area contributed by atoms with Gasteiger partial charge in [-0.1, -0.05) is 51.8 Å². The van der Waals surface area contributed by atoms with Crippen molar-refractivity contribution in [3.8, 4) is 5.75 Å². The lowest BCUT2D eigenvalue weighted by molar-refractivity contribution is -0.140. The van der Waals surface area contributed by atoms with Crippen molar-refractivity contribution in [3.63, 3.8) is 0 Å². The van der Waals surface area contributed by atoms with E-state index in [-0.39, 0.29) is 18.5 Å². The first kappa shape index (κ1) is 26.3. The van der Waals surface area contributed by atoms with Crippen LogP contribution in [0.2, 0.25) is 0 Å². The molecule has 35 heavy (non-hydrogen) atoms. The number of hydrogen-bond donors (Lipinski definition) is 2. The molecule has 0 spiro atoms.